The molecule has 180 valence electrons. The number of ether oxygens (including phenoxy) is 2. The van der Waals surface area contributed by atoms with Gasteiger partial charge in [-0.2, -0.15) is 4.72 Å². The van der Waals surface area contributed by atoms with Crippen molar-refractivity contribution in [3.05, 3.63) is 89.5 Å². The van der Waals surface area contributed by atoms with Gasteiger partial charge in [-0.1, -0.05) is 54.6 Å². The molecule has 0 spiro atoms. The quantitative estimate of drug-likeness (QED) is 0.459. The minimum Gasteiger partial charge on any atom is -0.496 e. The van der Waals surface area contributed by atoms with Gasteiger partial charge in [0.2, 0.25) is 15.9 Å². The maximum atomic E-state index is 13.4. The third-order valence-electron chi connectivity index (χ3n) is 5.47. The van der Waals surface area contributed by atoms with Gasteiger partial charge >= 0.3 is 0 Å². The van der Waals surface area contributed by atoms with Crippen LogP contribution in [0.25, 0.3) is 0 Å². The van der Waals surface area contributed by atoms with Gasteiger partial charge in [0.05, 0.1) is 20.3 Å². The number of carbonyl (C=O) groups excluding carboxylic acids is 1. The number of sulfonamides is 1. The summed E-state index contributed by atoms with van der Waals surface area (Å²) in [5, 5.41) is 2.93. The Kier molecular flexibility index (Phi) is 8.31. The van der Waals surface area contributed by atoms with Gasteiger partial charge in [-0.05, 0) is 49.6 Å². The average molecular weight is 483 g/mol. The van der Waals surface area contributed by atoms with Gasteiger partial charge in [0.25, 0.3) is 0 Å². The number of hydrogen-bond acceptors (Lipinski definition) is 5. The highest BCUT2D eigenvalue weighted by Gasteiger charge is 2.29. The van der Waals surface area contributed by atoms with Crippen molar-refractivity contribution >= 4 is 15.9 Å². The number of nitrogens with one attached hydrogen (secondary N) is 2. The largest absolute Gasteiger partial charge is 0.496 e. The van der Waals surface area contributed by atoms with Gasteiger partial charge in [0, 0.05) is 5.56 Å². The zero-order valence-electron chi connectivity index (χ0n) is 19.7. The summed E-state index contributed by atoms with van der Waals surface area (Å²) in [6, 6.07) is 20.1. The summed E-state index contributed by atoms with van der Waals surface area (Å²) < 4.78 is 39.9. The summed E-state index contributed by atoms with van der Waals surface area (Å²) >= 11 is 0. The summed E-state index contributed by atoms with van der Waals surface area (Å²) in [5.41, 5.74) is 2.38. The first kappa shape index (κ1) is 25.3. The van der Waals surface area contributed by atoms with E-state index in [9.17, 15) is 13.2 Å². The van der Waals surface area contributed by atoms with Gasteiger partial charge in [-0.25, -0.2) is 8.42 Å². The summed E-state index contributed by atoms with van der Waals surface area (Å²) in [6.45, 7) is 3.62. The van der Waals surface area contributed by atoms with Gasteiger partial charge in [-0.15, -0.1) is 0 Å². The van der Waals surface area contributed by atoms with Crippen molar-refractivity contribution in [3.63, 3.8) is 0 Å². The number of carbonyl (C=O) groups is 1. The topological polar surface area (TPSA) is 93.7 Å². The van der Waals surface area contributed by atoms with Crippen molar-refractivity contribution < 1.29 is 22.7 Å². The molecule has 0 radical (unpaired) electrons. The maximum absolute atomic E-state index is 13.4. The number of benzene rings is 3. The van der Waals surface area contributed by atoms with E-state index in [-0.39, 0.29) is 17.1 Å². The molecule has 3 aromatic rings. The third-order valence-corrected chi connectivity index (χ3v) is 6.96. The molecule has 0 aromatic heterocycles. The van der Waals surface area contributed by atoms with Gasteiger partial charge < -0.3 is 14.8 Å². The molecule has 1 amide bonds. The Morgan fingerprint density at radius 1 is 0.912 bits per heavy atom. The number of rotatable bonds is 10. The van der Waals surface area contributed by atoms with E-state index in [4.69, 9.17) is 9.47 Å². The lowest BCUT2D eigenvalue weighted by Gasteiger charge is -2.23. The van der Waals surface area contributed by atoms with Crippen LogP contribution in [-0.2, 0) is 21.2 Å². The van der Waals surface area contributed by atoms with Gasteiger partial charge in [0.15, 0.2) is 0 Å². The zero-order valence-corrected chi connectivity index (χ0v) is 20.6. The van der Waals surface area contributed by atoms with Crippen molar-refractivity contribution in [3.8, 4) is 11.5 Å². The average Bonchev–Trinajstić information content (AvgIpc) is 2.84. The molecule has 0 heterocycles. The summed E-state index contributed by atoms with van der Waals surface area (Å²) in [5.74, 6) is 0.400. The van der Waals surface area contributed by atoms with Crippen molar-refractivity contribution in [1.29, 1.82) is 0 Å². The lowest BCUT2D eigenvalue weighted by atomic mass is 10.0. The lowest BCUT2D eigenvalue weighted by molar-refractivity contribution is -0.123. The van der Waals surface area contributed by atoms with Crippen LogP contribution in [0.3, 0.4) is 0 Å². The highest BCUT2D eigenvalue weighted by atomic mass is 32.2. The van der Waals surface area contributed by atoms with E-state index in [1.807, 2.05) is 61.5 Å². The molecule has 0 saturated heterocycles. The molecule has 0 unspecified atom stereocenters. The van der Waals surface area contributed by atoms with Crippen LogP contribution in [0.15, 0.2) is 77.7 Å². The van der Waals surface area contributed by atoms with Crippen LogP contribution >= 0.6 is 0 Å². The molecule has 8 heteroatoms. The molecule has 34 heavy (non-hydrogen) atoms. The predicted octanol–water partition coefficient (Wildman–Crippen LogP) is 3.78. The molecule has 7 nitrogen and oxygen atoms in total. The molecule has 3 rings (SSSR count). The smallest absolute Gasteiger partial charge is 0.244 e. The number of methoxy groups -OCH3 is 2. The summed E-state index contributed by atoms with van der Waals surface area (Å²) in [7, 11) is -1.09. The van der Waals surface area contributed by atoms with Crippen LogP contribution in [0.2, 0.25) is 0 Å². The van der Waals surface area contributed by atoms with E-state index in [1.54, 1.807) is 26.2 Å². The van der Waals surface area contributed by atoms with E-state index >= 15 is 0 Å². The normalized spacial score (nSPS) is 13.1. The number of hydrogen-bond donors (Lipinski definition) is 2. The first-order chi connectivity index (χ1) is 16.2. The molecular formula is C26H30N2O5S. The second-order valence-electron chi connectivity index (χ2n) is 7.99. The number of para-hydroxylation sites is 1. The van der Waals surface area contributed by atoms with Crippen molar-refractivity contribution in [2.24, 2.45) is 0 Å². The van der Waals surface area contributed by atoms with E-state index in [2.05, 4.69) is 10.0 Å². The van der Waals surface area contributed by atoms with Gasteiger partial charge in [-0.3, -0.25) is 4.79 Å². The molecule has 0 aliphatic carbocycles. The maximum Gasteiger partial charge on any atom is 0.244 e. The molecular weight excluding hydrogens is 452 g/mol. The Morgan fingerprint density at radius 3 is 2.24 bits per heavy atom. The Bertz CT molecular complexity index is 1230. The SMILES string of the molecule is COc1ccccc1[C@@H](C)NC(=O)[C@H](Cc1ccccc1)NS(=O)(=O)c1cc(C)ccc1OC. The van der Waals surface area contributed by atoms with Gasteiger partial charge in [0.1, 0.15) is 22.4 Å². The number of amides is 1. The fraction of sp³-hybridized carbons (Fsp3) is 0.269. The van der Waals surface area contributed by atoms with Crippen LogP contribution < -0.4 is 19.5 Å². The Morgan fingerprint density at radius 2 is 1.56 bits per heavy atom. The summed E-state index contributed by atoms with van der Waals surface area (Å²) in [4.78, 5) is 13.3. The highest BCUT2D eigenvalue weighted by Crippen LogP contribution is 2.26. The van der Waals surface area contributed by atoms with Crippen LogP contribution in [0.4, 0.5) is 0 Å². The van der Waals surface area contributed by atoms with E-state index in [0.717, 1.165) is 16.7 Å². The summed E-state index contributed by atoms with van der Waals surface area (Å²) in [6.07, 6.45) is 0.179. The molecule has 2 N–H and O–H groups in total. The molecule has 0 fully saturated rings. The monoisotopic (exact) mass is 482 g/mol. The molecule has 3 aromatic carbocycles. The Labute approximate surface area is 201 Å². The van der Waals surface area contributed by atoms with Crippen LogP contribution in [0.5, 0.6) is 11.5 Å². The Balaban J connectivity index is 1.91. The van der Waals surface area contributed by atoms with E-state index < -0.39 is 28.0 Å². The van der Waals surface area contributed by atoms with Crippen LogP contribution in [0.1, 0.15) is 29.7 Å². The fourth-order valence-electron chi connectivity index (χ4n) is 3.70. The molecule has 2 atom stereocenters. The molecule has 0 saturated carbocycles. The highest BCUT2D eigenvalue weighted by molar-refractivity contribution is 7.89. The molecule has 0 aliphatic heterocycles. The number of aryl methyl sites for hydroxylation is 1. The van der Waals surface area contributed by atoms with Crippen molar-refractivity contribution in [1.82, 2.24) is 10.0 Å². The zero-order chi connectivity index (χ0) is 24.7. The molecule has 0 aliphatic rings. The first-order valence-corrected chi connectivity index (χ1v) is 12.4. The minimum atomic E-state index is -4.06. The fourth-order valence-corrected chi connectivity index (χ4v) is 5.15. The van der Waals surface area contributed by atoms with E-state index in [0.29, 0.717) is 5.75 Å². The second-order valence-corrected chi connectivity index (χ2v) is 9.67. The van der Waals surface area contributed by atoms with Crippen molar-refractivity contribution in [2.75, 3.05) is 14.2 Å². The van der Waals surface area contributed by atoms with Crippen LogP contribution in [0, 0.1) is 6.92 Å². The molecule has 0 bridgehead atoms. The minimum absolute atomic E-state index is 0.0151. The first-order valence-electron chi connectivity index (χ1n) is 10.9. The second kappa shape index (κ2) is 11.2. The standard InChI is InChI=1S/C26H30N2O5S/c1-18-14-15-24(33-4)25(16-18)34(30,31)28-22(17-20-10-6-5-7-11-20)26(29)27-19(2)21-12-8-9-13-23(21)32-3/h5-16,19,22,28H,17H2,1-4H3,(H,27,29)/t19-,22+/m1/s1. The van der Waals surface area contributed by atoms with E-state index in [1.165, 1.54) is 13.2 Å². The van der Waals surface area contributed by atoms with Crippen LogP contribution in [-0.4, -0.2) is 34.6 Å². The Hall–Kier alpha value is -3.36. The lowest BCUT2D eigenvalue weighted by Crippen LogP contribution is -2.48. The predicted molar refractivity (Wildman–Crippen MR) is 132 cm³/mol. The third kappa shape index (κ3) is 6.15. The van der Waals surface area contributed by atoms with Crippen molar-refractivity contribution in [2.45, 2.75) is 37.2 Å².